The topological polar surface area (TPSA) is 49.6 Å². The third-order valence-corrected chi connectivity index (χ3v) is 4.89. The van der Waals surface area contributed by atoms with Crippen molar-refractivity contribution in [2.45, 2.75) is 45.2 Å². The third kappa shape index (κ3) is 2.77. The molecule has 21 heavy (non-hydrogen) atoms. The molecular weight excluding hydrogens is 262 g/mol. The molecule has 0 aliphatic carbocycles. The van der Waals surface area contributed by atoms with E-state index in [0.717, 1.165) is 18.7 Å². The van der Waals surface area contributed by atoms with Gasteiger partial charge in [-0.1, -0.05) is 12.5 Å². The first-order valence-electron chi connectivity index (χ1n) is 7.97. The minimum absolute atomic E-state index is 0.0882. The molecule has 1 aromatic carbocycles. The fourth-order valence-electron chi connectivity index (χ4n) is 3.67. The molecule has 2 fully saturated rings. The molecule has 1 aromatic rings. The zero-order valence-electron chi connectivity index (χ0n) is 13.0. The number of carbonyl (C=O) groups is 1. The van der Waals surface area contributed by atoms with E-state index in [2.05, 4.69) is 11.8 Å². The second-order valence-corrected chi connectivity index (χ2v) is 6.54. The molecule has 0 bridgehead atoms. The largest absolute Gasteiger partial charge is 0.398 e. The summed E-state index contributed by atoms with van der Waals surface area (Å²) in [4.78, 5) is 17.4. The van der Waals surface area contributed by atoms with Crippen LogP contribution in [0.25, 0.3) is 0 Å². The van der Waals surface area contributed by atoms with Crippen LogP contribution < -0.4 is 5.73 Å². The Labute approximate surface area is 126 Å². The third-order valence-electron chi connectivity index (χ3n) is 4.89. The van der Waals surface area contributed by atoms with E-state index in [1.165, 1.54) is 25.8 Å². The zero-order valence-corrected chi connectivity index (χ0v) is 13.0. The fourth-order valence-corrected chi connectivity index (χ4v) is 3.67. The average molecular weight is 287 g/mol. The van der Waals surface area contributed by atoms with Crippen LogP contribution in [-0.4, -0.2) is 47.4 Å². The van der Waals surface area contributed by atoms with E-state index >= 15 is 0 Å². The lowest BCUT2D eigenvalue weighted by molar-refractivity contribution is 0.0152. The Morgan fingerprint density at radius 3 is 2.86 bits per heavy atom. The van der Waals surface area contributed by atoms with E-state index in [1.807, 2.05) is 30.0 Å². The predicted octanol–water partition coefficient (Wildman–Crippen LogP) is 2.28. The number of aryl methyl sites for hydroxylation is 1. The summed E-state index contributed by atoms with van der Waals surface area (Å²) >= 11 is 0. The van der Waals surface area contributed by atoms with Crippen LogP contribution in [-0.2, 0) is 0 Å². The number of amides is 1. The Balaban J connectivity index is 1.80. The number of rotatable bonds is 1. The lowest BCUT2D eigenvalue weighted by atomic mass is 9.96. The minimum Gasteiger partial charge on any atom is -0.398 e. The van der Waals surface area contributed by atoms with Crippen molar-refractivity contribution in [1.29, 1.82) is 0 Å². The van der Waals surface area contributed by atoms with Gasteiger partial charge in [0, 0.05) is 30.9 Å². The van der Waals surface area contributed by atoms with Gasteiger partial charge in [0.1, 0.15) is 0 Å². The number of anilines is 1. The van der Waals surface area contributed by atoms with Crippen LogP contribution in [0.2, 0.25) is 0 Å². The number of hydrogen-bond acceptors (Lipinski definition) is 3. The standard InChI is InChI=1S/C17H25N3O/c1-12-6-7-15(16(18)9-12)17(21)20-11-14-5-3-4-8-19(14)10-13(20)2/h6-7,9,13-14H,3-5,8,10-11,18H2,1-2H3. The van der Waals surface area contributed by atoms with Crippen LogP contribution in [0.3, 0.4) is 0 Å². The minimum atomic E-state index is 0.0882. The Morgan fingerprint density at radius 1 is 1.29 bits per heavy atom. The van der Waals surface area contributed by atoms with Crippen molar-refractivity contribution in [3.05, 3.63) is 29.3 Å². The summed E-state index contributed by atoms with van der Waals surface area (Å²) in [5.41, 5.74) is 8.39. The van der Waals surface area contributed by atoms with Gasteiger partial charge in [-0.05, 0) is 50.9 Å². The average Bonchev–Trinajstić information content (AvgIpc) is 2.46. The van der Waals surface area contributed by atoms with Crippen LogP contribution >= 0.6 is 0 Å². The molecule has 0 aromatic heterocycles. The Kier molecular flexibility index (Phi) is 3.89. The highest BCUT2D eigenvalue weighted by Gasteiger charge is 2.35. The Morgan fingerprint density at radius 2 is 2.10 bits per heavy atom. The summed E-state index contributed by atoms with van der Waals surface area (Å²) in [5.74, 6) is 0.0882. The van der Waals surface area contributed by atoms with Crippen molar-refractivity contribution >= 4 is 11.6 Å². The van der Waals surface area contributed by atoms with Crippen molar-refractivity contribution < 1.29 is 4.79 Å². The van der Waals surface area contributed by atoms with Gasteiger partial charge in [-0.3, -0.25) is 9.69 Å². The highest BCUT2D eigenvalue weighted by Crippen LogP contribution is 2.26. The van der Waals surface area contributed by atoms with Gasteiger partial charge < -0.3 is 10.6 Å². The molecule has 114 valence electrons. The molecule has 2 N–H and O–H groups in total. The number of fused-ring (bicyclic) bond motifs is 1. The first-order chi connectivity index (χ1) is 10.1. The summed E-state index contributed by atoms with van der Waals surface area (Å²) in [5, 5.41) is 0. The summed E-state index contributed by atoms with van der Waals surface area (Å²) in [6.45, 7) is 7.15. The molecule has 0 spiro atoms. The van der Waals surface area contributed by atoms with Crippen LogP contribution in [0.15, 0.2) is 18.2 Å². The van der Waals surface area contributed by atoms with E-state index < -0.39 is 0 Å². The summed E-state index contributed by atoms with van der Waals surface area (Å²) < 4.78 is 0. The second kappa shape index (κ2) is 5.68. The number of carbonyl (C=O) groups excluding carboxylic acids is 1. The van der Waals surface area contributed by atoms with Gasteiger partial charge in [0.05, 0.1) is 5.56 Å². The van der Waals surface area contributed by atoms with Gasteiger partial charge >= 0.3 is 0 Å². The number of piperidine rings is 1. The molecule has 2 unspecified atom stereocenters. The fraction of sp³-hybridized carbons (Fsp3) is 0.588. The van der Waals surface area contributed by atoms with Gasteiger partial charge in [0.15, 0.2) is 0 Å². The summed E-state index contributed by atoms with van der Waals surface area (Å²) in [6.07, 6.45) is 3.78. The molecule has 3 rings (SSSR count). The van der Waals surface area contributed by atoms with Crippen molar-refractivity contribution in [3.63, 3.8) is 0 Å². The van der Waals surface area contributed by atoms with Crippen molar-refractivity contribution in [2.75, 3.05) is 25.4 Å². The first kappa shape index (κ1) is 14.4. The summed E-state index contributed by atoms with van der Waals surface area (Å²) in [6, 6.07) is 6.51. The van der Waals surface area contributed by atoms with E-state index in [4.69, 9.17) is 5.73 Å². The maximum Gasteiger partial charge on any atom is 0.256 e. The van der Waals surface area contributed by atoms with Gasteiger partial charge in [0.2, 0.25) is 0 Å². The van der Waals surface area contributed by atoms with Crippen molar-refractivity contribution in [2.24, 2.45) is 0 Å². The van der Waals surface area contributed by atoms with E-state index in [9.17, 15) is 4.79 Å². The molecule has 4 nitrogen and oxygen atoms in total. The number of piperazine rings is 1. The van der Waals surface area contributed by atoms with Crippen LogP contribution in [0, 0.1) is 6.92 Å². The number of nitrogens with two attached hydrogens (primary N) is 1. The number of nitrogens with zero attached hydrogens (tertiary/aromatic N) is 2. The van der Waals surface area contributed by atoms with E-state index in [-0.39, 0.29) is 11.9 Å². The highest BCUT2D eigenvalue weighted by atomic mass is 16.2. The zero-order chi connectivity index (χ0) is 15.0. The van der Waals surface area contributed by atoms with Crippen LogP contribution in [0.5, 0.6) is 0 Å². The predicted molar refractivity (Wildman–Crippen MR) is 85.3 cm³/mol. The van der Waals surface area contributed by atoms with E-state index in [0.29, 0.717) is 17.3 Å². The number of benzene rings is 1. The smallest absolute Gasteiger partial charge is 0.256 e. The van der Waals surface area contributed by atoms with Gasteiger partial charge in [0.25, 0.3) is 5.91 Å². The molecule has 0 saturated carbocycles. The molecule has 1 amide bonds. The molecule has 0 radical (unpaired) electrons. The SMILES string of the molecule is Cc1ccc(C(=O)N2CC3CCCCN3CC2C)c(N)c1. The monoisotopic (exact) mass is 287 g/mol. The number of hydrogen-bond donors (Lipinski definition) is 1. The molecule has 4 heteroatoms. The second-order valence-electron chi connectivity index (χ2n) is 6.54. The molecule has 2 atom stereocenters. The molecule has 2 aliphatic heterocycles. The van der Waals surface area contributed by atoms with E-state index in [1.54, 1.807) is 0 Å². The quantitative estimate of drug-likeness (QED) is 0.806. The lowest BCUT2D eigenvalue weighted by Crippen LogP contribution is -2.60. The van der Waals surface area contributed by atoms with Crippen LogP contribution in [0.1, 0.15) is 42.1 Å². The van der Waals surface area contributed by atoms with Crippen molar-refractivity contribution in [3.8, 4) is 0 Å². The Hall–Kier alpha value is -1.55. The maximum absolute atomic E-state index is 12.8. The maximum atomic E-state index is 12.8. The molecule has 2 aliphatic rings. The normalized spacial score (nSPS) is 26.5. The number of nitrogen functional groups attached to an aromatic ring is 1. The first-order valence-corrected chi connectivity index (χ1v) is 7.97. The van der Waals surface area contributed by atoms with Gasteiger partial charge in [-0.15, -0.1) is 0 Å². The Bertz CT molecular complexity index is 543. The highest BCUT2D eigenvalue weighted by molar-refractivity contribution is 5.99. The van der Waals surface area contributed by atoms with Crippen molar-refractivity contribution in [1.82, 2.24) is 9.80 Å². The molecule has 2 saturated heterocycles. The van der Waals surface area contributed by atoms with Gasteiger partial charge in [-0.25, -0.2) is 0 Å². The van der Waals surface area contributed by atoms with Crippen LogP contribution in [0.4, 0.5) is 5.69 Å². The molecule has 2 heterocycles. The van der Waals surface area contributed by atoms with Gasteiger partial charge in [-0.2, -0.15) is 0 Å². The summed E-state index contributed by atoms with van der Waals surface area (Å²) in [7, 11) is 0. The molecular formula is C17H25N3O. The lowest BCUT2D eigenvalue weighted by Gasteiger charge is -2.47.